The maximum Gasteiger partial charge on any atom is 0.225 e. The van der Waals surface area contributed by atoms with Gasteiger partial charge >= 0.3 is 0 Å². The molecule has 0 radical (unpaired) electrons. The average molecular weight is 278 g/mol. The molecule has 0 aromatic rings. The van der Waals surface area contributed by atoms with Gasteiger partial charge in [-0.1, -0.05) is 25.2 Å². The second-order valence-corrected chi connectivity index (χ2v) is 6.06. The highest BCUT2D eigenvalue weighted by Crippen LogP contribution is 2.28. The summed E-state index contributed by atoms with van der Waals surface area (Å²) in [7, 11) is 1.71. The quantitative estimate of drug-likeness (QED) is 0.773. The van der Waals surface area contributed by atoms with Crippen LogP contribution in [0.1, 0.15) is 38.5 Å². The monoisotopic (exact) mass is 278 g/mol. The van der Waals surface area contributed by atoms with Gasteiger partial charge in [-0.05, 0) is 25.8 Å². The number of nitrogens with one attached hydrogen (secondary N) is 1. The standard InChI is InChI=1S/C16H26N2O2/c1-3-16(8-5-4-6-9-16)17-15(19)14-7-10-18(13-14)11-12-20-2/h1,14H,4-13H2,2H3,(H,17,19). The highest BCUT2D eigenvalue weighted by Gasteiger charge is 2.35. The minimum atomic E-state index is -0.380. The Morgan fingerprint density at radius 3 is 2.85 bits per heavy atom. The summed E-state index contributed by atoms with van der Waals surface area (Å²) in [5, 5.41) is 3.17. The van der Waals surface area contributed by atoms with Gasteiger partial charge in [0.2, 0.25) is 5.91 Å². The van der Waals surface area contributed by atoms with Gasteiger partial charge in [0.05, 0.1) is 12.5 Å². The van der Waals surface area contributed by atoms with Crippen molar-refractivity contribution in [1.29, 1.82) is 0 Å². The smallest absolute Gasteiger partial charge is 0.225 e. The topological polar surface area (TPSA) is 41.6 Å². The molecule has 2 aliphatic rings. The fourth-order valence-electron chi connectivity index (χ4n) is 3.27. The summed E-state index contributed by atoms with van der Waals surface area (Å²) < 4.78 is 5.09. The van der Waals surface area contributed by atoms with Gasteiger partial charge in [0, 0.05) is 20.2 Å². The van der Waals surface area contributed by atoms with E-state index in [1.54, 1.807) is 7.11 Å². The molecule has 20 heavy (non-hydrogen) atoms. The second kappa shape index (κ2) is 7.10. The molecule has 1 saturated heterocycles. The van der Waals surface area contributed by atoms with Gasteiger partial charge in [-0.3, -0.25) is 4.79 Å². The normalized spacial score (nSPS) is 26.1. The third-order valence-corrected chi connectivity index (χ3v) is 4.60. The van der Waals surface area contributed by atoms with Crippen LogP contribution in [0.2, 0.25) is 0 Å². The first-order valence-electron chi connectivity index (χ1n) is 7.70. The van der Waals surface area contributed by atoms with Gasteiger partial charge < -0.3 is 15.0 Å². The second-order valence-electron chi connectivity index (χ2n) is 6.06. The zero-order valence-corrected chi connectivity index (χ0v) is 12.5. The lowest BCUT2D eigenvalue weighted by Gasteiger charge is -2.34. The fourth-order valence-corrected chi connectivity index (χ4v) is 3.27. The molecule has 1 saturated carbocycles. The van der Waals surface area contributed by atoms with Crippen molar-refractivity contribution >= 4 is 5.91 Å². The summed E-state index contributed by atoms with van der Waals surface area (Å²) in [6.07, 6.45) is 11.9. The third kappa shape index (κ3) is 3.74. The number of terminal acetylenes is 1. The van der Waals surface area contributed by atoms with Gasteiger partial charge in [0.25, 0.3) is 0 Å². The number of amides is 1. The maximum atomic E-state index is 12.4. The van der Waals surface area contributed by atoms with Crippen LogP contribution >= 0.6 is 0 Å². The zero-order valence-electron chi connectivity index (χ0n) is 12.5. The molecule has 0 bridgehead atoms. The molecule has 2 rings (SSSR count). The van der Waals surface area contributed by atoms with Crippen molar-refractivity contribution in [3.05, 3.63) is 0 Å². The summed E-state index contributed by atoms with van der Waals surface area (Å²) in [5.41, 5.74) is -0.380. The summed E-state index contributed by atoms with van der Waals surface area (Å²) in [4.78, 5) is 14.7. The zero-order chi connectivity index (χ0) is 14.4. The highest BCUT2D eigenvalue weighted by atomic mass is 16.5. The number of rotatable bonds is 5. The van der Waals surface area contributed by atoms with E-state index in [1.807, 2.05) is 0 Å². The fraction of sp³-hybridized carbons (Fsp3) is 0.812. The maximum absolute atomic E-state index is 12.4. The van der Waals surface area contributed by atoms with Crippen LogP contribution in [0, 0.1) is 18.3 Å². The van der Waals surface area contributed by atoms with Crippen LogP contribution in [0.5, 0.6) is 0 Å². The van der Waals surface area contributed by atoms with Crippen molar-refractivity contribution in [2.24, 2.45) is 5.92 Å². The Morgan fingerprint density at radius 1 is 1.45 bits per heavy atom. The molecule has 1 atom stereocenters. The molecule has 0 aromatic heterocycles. The Kier molecular flexibility index (Phi) is 5.45. The summed E-state index contributed by atoms with van der Waals surface area (Å²) >= 11 is 0. The van der Waals surface area contributed by atoms with E-state index in [1.165, 1.54) is 6.42 Å². The molecule has 1 N–H and O–H groups in total. The van der Waals surface area contributed by atoms with Gasteiger partial charge in [0.1, 0.15) is 5.54 Å². The molecule has 0 aromatic carbocycles. The lowest BCUT2D eigenvalue weighted by molar-refractivity contribution is -0.126. The molecular formula is C16H26N2O2. The van der Waals surface area contributed by atoms with Crippen LogP contribution in [-0.4, -0.2) is 49.7 Å². The van der Waals surface area contributed by atoms with Gasteiger partial charge in [-0.15, -0.1) is 6.42 Å². The minimum absolute atomic E-state index is 0.0824. The van der Waals surface area contributed by atoms with Crippen molar-refractivity contribution in [3.8, 4) is 12.3 Å². The highest BCUT2D eigenvalue weighted by molar-refractivity contribution is 5.80. The van der Waals surface area contributed by atoms with E-state index in [0.717, 1.165) is 58.3 Å². The van der Waals surface area contributed by atoms with E-state index >= 15 is 0 Å². The molecule has 2 fully saturated rings. The van der Waals surface area contributed by atoms with E-state index in [2.05, 4.69) is 16.1 Å². The van der Waals surface area contributed by atoms with Crippen molar-refractivity contribution in [2.45, 2.75) is 44.1 Å². The lowest BCUT2D eigenvalue weighted by Crippen LogP contribution is -2.51. The number of carbonyl (C=O) groups excluding carboxylic acids is 1. The van der Waals surface area contributed by atoms with Crippen LogP contribution < -0.4 is 5.32 Å². The molecule has 0 spiro atoms. The van der Waals surface area contributed by atoms with Gasteiger partial charge in [-0.2, -0.15) is 0 Å². The van der Waals surface area contributed by atoms with Crippen LogP contribution in [0.15, 0.2) is 0 Å². The molecule has 1 aliphatic carbocycles. The van der Waals surface area contributed by atoms with Crippen LogP contribution in [-0.2, 0) is 9.53 Å². The Bertz CT molecular complexity index is 369. The first kappa shape index (κ1) is 15.3. The van der Waals surface area contributed by atoms with Crippen molar-refractivity contribution in [3.63, 3.8) is 0 Å². The van der Waals surface area contributed by atoms with Gasteiger partial charge in [-0.25, -0.2) is 0 Å². The molecule has 1 unspecified atom stereocenters. The number of nitrogens with zero attached hydrogens (tertiary/aromatic N) is 1. The Hall–Kier alpha value is -1.05. The molecule has 112 valence electrons. The third-order valence-electron chi connectivity index (χ3n) is 4.60. The van der Waals surface area contributed by atoms with Crippen LogP contribution in [0.3, 0.4) is 0 Å². The number of hydrogen-bond donors (Lipinski definition) is 1. The van der Waals surface area contributed by atoms with Crippen molar-refractivity contribution in [2.75, 3.05) is 33.4 Å². The first-order chi connectivity index (χ1) is 9.69. The van der Waals surface area contributed by atoms with Crippen molar-refractivity contribution in [1.82, 2.24) is 10.2 Å². The number of hydrogen-bond acceptors (Lipinski definition) is 3. The largest absolute Gasteiger partial charge is 0.383 e. The molecule has 1 heterocycles. The minimum Gasteiger partial charge on any atom is -0.383 e. The predicted octanol–water partition coefficient (Wildman–Crippen LogP) is 1.41. The van der Waals surface area contributed by atoms with E-state index < -0.39 is 0 Å². The van der Waals surface area contributed by atoms with Crippen LogP contribution in [0.25, 0.3) is 0 Å². The molecule has 4 heteroatoms. The molecule has 1 amide bonds. The van der Waals surface area contributed by atoms with E-state index in [0.29, 0.717) is 0 Å². The van der Waals surface area contributed by atoms with E-state index in [4.69, 9.17) is 11.2 Å². The van der Waals surface area contributed by atoms with Crippen molar-refractivity contribution < 1.29 is 9.53 Å². The summed E-state index contributed by atoms with van der Waals surface area (Å²) in [6, 6.07) is 0. The number of ether oxygens (including phenoxy) is 1. The van der Waals surface area contributed by atoms with Crippen LogP contribution in [0.4, 0.5) is 0 Å². The lowest BCUT2D eigenvalue weighted by atomic mass is 9.82. The average Bonchev–Trinajstić information content (AvgIpc) is 2.95. The molecular weight excluding hydrogens is 252 g/mol. The summed E-state index contributed by atoms with van der Waals surface area (Å²) in [5.74, 6) is 3.08. The number of carbonyl (C=O) groups is 1. The molecule has 4 nitrogen and oxygen atoms in total. The SMILES string of the molecule is C#CC1(NC(=O)C2CCN(CCOC)C2)CCCCC1. The van der Waals surface area contributed by atoms with E-state index in [-0.39, 0.29) is 17.4 Å². The van der Waals surface area contributed by atoms with E-state index in [9.17, 15) is 4.79 Å². The Morgan fingerprint density at radius 2 is 2.20 bits per heavy atom. The number of methoxy groups -OCH3 is 1. The number of likely N-dealkylation sites (tertiary alicyclic amines) is 1. The first-order valence-corrected chi connectivity index (χ1v) is 7.70. The predicted molar refractivity (Wildman–Crippen MR) is 79.2 cm³/mol. The van der Waals surface area contributed by atoms with Gasteiger partial charge in [0.15, 0.2) is 0 Å². The molecule has 1 aliphatic heterocycles. The summed E-state index contributed by atoms with van der Waals surface area (Å²) in [6.45, 7) is 3.43. The Balaban J connectivity index is 1.84. The Labute approximate surface area is 122 Å².